The van der Waals surface area contributed by atoms with Crippen molar-refractivity contribution in [2.45, 2.75) is 138 Å². The number of methoxy groups -OCH3 is 1. The summed E-state index contributed by atoms with van der Waals surface area (Å²) in [5, 5.41) is 12.2. The van der Waals surface area contributed by atoms with Crippen molar-refractivity contribution in [3.05, 3.63) is 0 Å². The molecule has 0 aliphatic heterocycles. The minimum Gasteiger partial charge on any atom is -0.467 e. The summed E-state index contributed by atoms with van der Waals surface area (Å²) >= 11 is 0. The second-order valence-corrected chi connectivity index (χ2v) is 14.3. The van der Waals surface area contributed by atoms with Gasteiger partial charge in [-0.05, 0) is 51.4 Å². The topological polar surface area (TPSA) is 198 Å². The molecule has 7 atom stereocenters. The molecule has 0 heterocycles. The van der Waals surface area contributed by atoms with Gasteiger partial charge in [-0.3, -0.25) is 29.3 Å². The van der Waals surface area contributed by atoms with Crippen LogP contribution in [0.25, 0.3) is 0 Å². The number of ketones is 2. The lowest BCUT2D eigenvalue weighted by molar-refractivity contribution is -0.158. The Kier molecular flexibility index (Phi) is 18.7. The fourth-order valence-corrected chi connectivity index (χ4v) is 4.68. The van der Waals surface area contributed by atoms with Gasteiger partial charge in [0, 0.05) is 0 Å². The molecule has 288 valence electrons. The van der Waals surface area contributed by atoms with E-state index < -0.39 is 107 Å². The standard InChI is InChI=1S/C34H59F2N5O9/c1-14-19(7)25(39-29(45)24(18(5)6)41-32(48)50-33(10,11)12)30(46)38-21(9)27(43)34(35,36)22(42)16-37-23(17(3)4)28(44)40-26(20(8)15-2)31(47)49-13/h17-21,23-26,37H,14-16H2,1-13H3,(H,38,46)(H,39,45)(H,40,44)(H,41,48)/t19-,20-,21-,23-,24-,25-,26-/m0/s1. The van der Waals surface area contributed by atoms with Crippen LogP contribution in [-0.4, -0.2) is 96.7 Å². The van der Waals surface area contributed by atoms with Gasteiger partial charge < -0.3 is 30.7 Å². The molecule has 0 saturated heterocycles. The molecule has 50 heavy (non-hydrogen) atoms. The molecule has 0 saturated carbocycles. The summed E-state index contributed by atoms with van der Waals surface area (Å²) in [7, 11) is 1.17. The van der Waals surface area contributed by atoms with Crippen molar-refractivity contribution >= 4 is 41.4 Å². The van der Waals surface area contributed by atoms with Crippen molar-refractivity contribution in [3.63, 3.8) is 0 Å². The Labute approximate surface area is 294 Å². The summed E-state index contributed by atoms with van der Waals surface area (Å²) in [5.74, 6) is -13.2. The monoisotopic (exact) mass is 719 g/mol. The number of alkyl carbamates (subject to hydrolysis) is 1. The van der Waals surface area contributed by atoms with Crippen LogP contribution in [0.15, 0.2) is 0 Å². The molecule has 0 rings (SSSR count). The SMILES string of the molecule is CC[C@H](C)[C@H](NC(=O)[C@@H](NC(=O)OC(C)(C)C)C(C)C)C(=O)N[C@@H](C)C(=O)C(F)(F)C(=O)CN[C@H](C(=O)N[C@H](C(=O)OC)[C@@H](C)CC)C(C)C. The van der Waals surface area contributed by atoms with Gasteiger partial charge in [0.1, 0.15) is 23.7 Å². The molecule has 16 heteroatoms. The van der Waals surface area contributed by atoms with Crippen molar-refractivity contribution in [1.29, 1.82) is 0 Å². The van der Waals surface area contributed by atoms with Crippen LogP contribution < -0.4 is 26.6 Å². The van der Waals surface area contributed by atoms with Crippen LogP contribution in [0.5, 0.6) is 0 Å². The molecule has 0 fully saturated rings. The Hall–Kier alpha value is -3.69. The predicted octanol–water partition coefficient (Wildman–Crippen LogP) is 2.66. The lowest BCUT2D eigenvalue weighted by Crippen LogP contribution is -2.60. The number of carbonyl (C=O) groups excluding carboxylic acids is 7. The highest BCUT2D eigenvalue weighted by Gasteiger charge is 2.49. The van der Waals surface area contributed by atoms with Crippen LogP contribution in [-0.2, 0) is 38.2 Å². The zero-order chi connectivity index (χ0) is 39.3. The Morgan fingerprint density at radius 2 is 1.08 bits per heavy atom. The van der Waals surface area contributed by atoms with Gasteiger partial charge in [-0.2, -0.15) is 8.78 Å². The lowest BCUT2D eigenvalue weighted by Gasteiger charge is -2.30. The normalized spacial score (nSPS) is 16.2. The van der Waals surface area contributed by atoms with Crippen LogP contribution in [0.2, 0.25) is 0 Å². The summed E-state index contributed by atoms with van der Waals surface area (Å²) in [5.41, 5.74) is -0.837. The van der Waals surface area contributed by atoms with E-state index in [4.69, 9.17) is 9.47 Å². The minimum atomic E-state index is -4.56. The maximum atomic E-state index is 15.2. The van der Waals surface area contributed by atoms with Gasteiger partial charge in [-0.25, -0.2) is 9.59 Å². The van der Waals surface area contributed by atoms with Gasteiger partial charge in [-0.15, -0.1) is 0 Å². The predicted molar refractivity (Wildman–Crippen MR) is 182 cm³/mol. The first-order chi connectivity index (χ1) is 22.9. The second-order valence-electron chi connectivity index (χ2n) is 14.3. The van der Waals surface area contributed by atoms with Crippen LogP contribution >= 0.6 is 0 Å². The summed E-state index contributed by atoms with van der Waals surface area (Å²) in [6.45, 7) is 18.3. The molecule has 0 unspecified atom stereocenters. The van der Waals surface area contributed by atoms with Gasteiger partial charge in [0.2, 0.25) is 29.3 Å². The first-order valence-electron chi connectivity index (χ1n) is 17.0. The summed E-state index contributed by atoms with van der Waals surface area (Å²) < 4.78 is 40.3. The zero-order valence-corrected chi connectivity index (χ0v) is 31.7. The number of halogens is 2. The summed E-state index contributed by atoms with van der Waals surface area (Å²) in [6, 6.07) is -6.45. The number of esters is 1. The second kappa shape index (κ2) is 20.2. The highest BCUT2D eigenvalue weighted by molar-refractivity contribution is 6.12. The van der Waals surface area contributed by atoms with Crippen molar-refractivity contribution < 1.29 is 51.8 Å². The zero-order valence-electron chi connectivity index (χ0n) is 31.7. The van der Waals surface area contributed by atoms with Crippen LogP contribution in [0, 0.1) is 23.7 Å². The van der Waals surface area contributed by atoms with E-state index in [9.17, 15) is 33.6 Å². The van der Waals surface area contributed by atoms with Crippen molar-refractivity contribution in [2.75, 3.05) is 13.7 Å². The molecular weight excluding hydrogens is 660 g/mol. The van der Waals surface area contributed by atoms with E-state index in [0.29, 0.717) is 12.8 Å². The maximum Gasteiger partial charge on any atom is 0.408 e. The molecular formula is C34H59F2N5O9. The molecule has 14 nitrogen and oxygen atoms in total. The van der Waals surface area contributed by atoms with E-state index in [2.05, 4.69) is 26.6 Å². The molecule has 0 aromatic carbocycles. The molecule has 5 N–H and O–H groups in total. The lowest BCUT2D eigenvalue weighted by atomic mass is 9.95. The highest BCUT2D eigenvalue weighted by atomic mass is 19.3. The van der Waals surface area contributed by atoms with Gasteiger partial charge in [0.15, 0.2) is 0 Å². The Balaban J connectivity index is 5.77. The largest absolute Gasteiger partial charge is 0.467 e. The quantitative estimate of drug-likeness (QED) is 0.0922. The first-order valence-corrected chi connectivity index (χ1v) is 17.0. The average Bonchev–Trinajstić information content (AvgIpc) is 3.01. The number of rotatable bonds is 20. The smallest absolute Gasteiger partial charge is 0.408 e. The molecule has 0 bridgehead atoms. The minimum absolute atomic E-state index is 0.307. The number of carbonyl (C=O) groups is 7. The molecule has 0 aromatic rings. The van der Waals surface area contributed by atoms with E-state index in [1.54, 1.807) is 76.2 Å². The third-order valence-electron chi connectivity index (χ3n) is 8.22. The Morgan fingerprint density at radius 3 is 1.52 bits per heavy atom. The summed E-state index contributed by atoms with van der Waals surface area (Å²) in [6.07, 6.45) is 0.0402. The molecule has 0 aromatic heterocycles. The van der Waals surface area contributed by atoms with Crippen molar-refractivity contribution in [1.82, 2.24) is 26.6 Å². The van der Waals surface area contributed by atoms with E-state index >= 15 is 8.78 Å². The Bertz CT molecular complexity index is 1210. The molecule has 4 amide bonds. The van der Waals surface area contributed by atoms with Crippen molar-refractivity contribution in [3.8, 4) is 0 Å². The first kappa shape index (κ1) is 46.3. The third kappa shape index (κ3) is 14.3. The van der Waals surface area contributed by atoms with Crippen LogP contribution in [0.1, 0.15) is 95.9 Å². The van der Waals surface area contributed by atoms with E-state index in [1.807, 2.05) is 0 Å². The van der Waals surface area contributed by atoms with Gasteiger partial charge in [0.25, 0.3) is 0 Å². The van der Waals surface area contributed by atoms with Gasteiger partial charge >= 0.3 is 18.0 Å². The number of hydrogen-bond acceptors (Lipinski definition) is 10. The van der Waals surface area contributed by atoms with Crippen LogP contribution in [0.4, 0.5) is 13.6 Å². The number of Topliss-reactive ketones (excluding diaryl/α,β-unsaturated/α-hetero) is 2. The molecule has 0 radical (unpaired) electrons. The fourth-order valence-electron chi connectivity index (χ4n) is 4.68. The molecule has 0 aliphatic carbocycles. The number of ether oxygens (including phenoxy) is 2. The van der Waals surface area contributed by atoms with E-state index in [1.165, 1.54) is 7.11 Å². The van der Waals surface area contributed by atoms with Gasteiger partial charge in [-0.1, -0.05) is 68.2 Å². The molecule has 0 spiro atoms. The molecule has 0 aliphatic rings. The third-order valence-corrected chi connectivity index (χ3v) is 8.22. The van der Waals surface area contributed by atoms with E-state index in [0.717, 1.165) is 6.92 Å². The highest BCUT2D eigenvalue weighted by Crippen LogP contribution is 2.20. The maximum absolute atomic E-state index is 15.2. The average molecular weight is 720 g/mol. The van der Waals surface area contributed by atoms with Crippen molar-refractivity contribution in [2.24, 2.45) is 23.7 Å². The van der Waals surface area contributed by atoms with Gasteiger partial charge in [0.05, 0.1) is 25.7 Å². The number of amides is 4. The fraction of sp³-hybridized carbons (Fsp3) is 0.794. The number of hydrogen-bond donors (Lipinski definition) is 5. The van der Waals surface area contributed by atoms with Crippen LogP contribution in [0.3, 0.4) is 0 Å². The number of nitrogens with one attached hydrogen (secondary N) is 5. The van der Waals surface area contributed by atoms with E-state index in [-0.39, 0.29) is 5.92 Å². The summed E-state index contributed by atoms with van der Waals surface area (Å²) in [4.78, 5) is 89.6. The number of alkyl halides is 2. The Morgan fingerprint density at radius 1 is 0.640 bits per heavy atom.